The van der Waals surface area contributed by atoms with Crippen molar-refractivity contribution >= 4 is 11.8 Å². The van der Waals surface area contributed by atoms with Gasteiger partial charge in [-0.2, -0.15) is 0 Å². The first-order valence-corrected chi connectivity index (χ1v) is 7.14. The Labute approximate surface area is 115 Å². The molecule has 0 aromatic carbocycles. The zero-order chi connectivity index (χ0) is 14.6. The molecule has 2 amide bonds. The molecule has 0 heterocycles. The largest absolute Gasteiger partial charge is 0.355 e. The summed E-state index contributed by atoms with van der Waals surface area (Å²) in [6.45, 7) is 6.82. The van der Waals surface area contributed by atoms with E-state index >= 15 is 0 Å². The summed E-state index contributed by atoms with van der Waals surface area (Å²) >= 11 is 0. The van der Waals surface area contributed by atoms with Crippen LogP contribution in [0.5, 0.6) is 0 Å². The molecule has 0 aliphatic heterocycles. The van der Waals surface area contributed by atoms with E-state index < -0.39 is 0 Å². The van der Waals surface area contributed by atoms with Crippen LogP contribution >= 0.6 is 0 Å². The van der Waals surface area contributed by atoms with E-state index in [1.807, 2.05) is 6.92 Å². The number of hydrogen-bond donors (Lipinski definition) is 2. The Hall–Kier alpha value is -1.10. The van der Waals surface area contributed by atoms with Crippen LogP contribution in [0.15, 0.2) is 0 Å². The van der Waals surface area contributed by atoms with Crippen molar-refractivity contribution < 1.29 is 9.59 Å². The molecule has 1 aliphatic carbocycles. The summed E-state index contributed by atoms with van der Waals surface area (Å²) in [6.07, 6.45) is 1.70. The maximum absolute atomic E-state index is 12.4. The maximum Gasteiger partial charge on any atom is 0.239 e. The van der Waals surface area contributed by atoms with Gasteiger partial charge in [-0.05, 0) is 31.6 Å². The molecule has 0 aromatic rings. The first-order valence-electron chi connectivity index (χ1n) is 7.14. The molecule has 0 saturated heterocycles. The van der Waals surface area contributed by atoms with Crippen LogP contribution in [0.1, 0.15) is 33.6 Å². The zero-order valence-electron chi connectivity index (χ0n) is 12.5. The van der Waals surface area contributed by atoms with Gasteiger partial charge in [-0.1, -0.05) is 13.8 Å². The second kappa shape index (κ2) is 6.89. The highest BCUT2D eigenvalue weighted by atomic mass is 16.2. The van der Waals surface area contributed by atoms with Gasteiger partial charge in [0.1, 0.15) is 0 Å². The van der Waals surface area contributed by atoms with Crippen LogP contribution in [-0.2, 0) is 9.59 Å². The molecule has 0 bridgehead atoms. The number of rotatable bonds is 4. The van der Waals surface area contributed by atoms with Gasteiger partial charge >= 0.3 is 0 Å². The molecule has 1 rings (SSSR count). The lowest BCUT2D eigenvalue weighted by Crippen LogP contribution is -2.47. The third-order valence-electron chi connectivity index (χ3n) is 4.14. The van der Waals surface area contributed by atoms with Crippen LogP contribution in [0.4, 0.5) is 0 Å². The number of carbonyl (C=O) groups excluding carboxylic acids is 2. The Bertz CT molecular complexity index is 333. The van der Waals surface area contributed by atoms with Crippen molar-refractivity contribution in [3.05, 3.63) is 0 Å². The molecule has 1 saturated carbocycles. The Morgan fingerprint density at radius 1 is 1.26 bits per heavy atom. The van der Waals surface area contributed by atoms with Gasteiger partial charge in [-0.25, -0.2) is 0 Å². The Kier molecular flexibility index (Phi) is 5.79. The van der Waals surface area contributed by atoms with Crippen molar-refractivity contribution in [3.8, 4) is 0 Å². The van der Waals surface area contributed by atoms with Gasteiger partial charge in [0.05, 0.1) is 6.54 Å². The van der Waals surface area contributed by atoms with Crippen LogP contribution in [-0.4, -0.2) is 42.9 Å². The van der Waals surface area contributed by atoms with Gasteiger partial charge in [0.25, 0.3) is 0 Å². The molecule has 4 atom stereocenters. The van der Waals surface area contributed by atoms with Crippen molar-refractivity contribution in [2.24, 2.45) is 23.5 Å². The highest BCUT2D eigenvalue weighted by molar-refractivity contribution is 5.85. The maximum atomic E-state index is 12.4. The third-order valence-corrected chi connectivity index (χ3v) is 4.14. The van der Waals surface area contributed by atoms with Gasteiger partial charge in [0.2, 0.25) is 11.8 Å². The Balaban J connectivity index is 2.58. The zero-order valence-corrected chi connectivity index (χ0v) is 12.5. The fraction of sp³-hybridized carbons (Fsp3) is 0.857. The van der Waals surface area contributed by atoms with Crippen LogP contribution in [0, 0.1) is 17.8 Å². The number of carbonyl (C=O) groups is 2. The summed E-state index contributed by atoms with van der Waals surface area (Å²) in [5.74, 6) is 0.679. The smallest absolute Gasteiger partial charge is 0.239 e. The SMILES string of the molecule is CCNC(=O)CN(C)C(=O)C1CC(N)C(C)CC1C. The van der Waals surface area contributed by atoms with Gasteiger partial charge in [0, 0.05) is 25.6 Å². The van der Waals surface area contributed by atoms with E-state index in [1.54, 1.807) is 7.05 Å². The summed E-state index contributed by atoms with van der Waals surface area (Å²) in [5, 5.41) is 2.70. The number of nitrogens with one attached hydrogen (secondary N) is 1. The van der Waals surface area contributed by atoms with Crippen molar-refractivity contribution in [2.75, 3.05) is 20.1 Å². The molecule has 19 heavy (non-hydrogen) atoms. The second-order valence-corrected chi connectivity index (χ2v) is 5.84. The van der Waals surface area contributed by atoms with Gasteiger partial charge in [-0.15, -0.1) is 0 Å². The molecular formula is C14H27N3O2. The number of hydrogen-bond acceptors (Lipinski definition) is 3. The van der Waals surface area contributed by atoms with E-state index in [1.165, 1.54) is 4.90 Å². The highest BCUT2D eigenvalue weighted by Gasteiger charge is 2.36. The first kappa shape index (κ1) is 16.0. The normalized spacial score (nSPS) is 30.8. The average Bonchev–Trinajstić information content (AvgIpc) is 2.33. The summed E-state index contributed by atoms with van der Waals surface area (Å²) in [4.78, 5) is 25.4. The third kappa shape index (κ3) is 4.20. The molecule has 1 aliphatic rings. The lowest BCUT2D eigenvalue weighted by atomic mass is 9.72. The molecule has 110 valence electrons. The monoisotopic (exact) mass is 269 g/mol. The molecule has 5 heteroatoms. The van der Waals surface area contributed by atoms with Crippen LogP contribution in [0.2, 0.25) is 0 Å². The summed E-state index contributed by atoms with van der Waals surface area (Å²) in [6, 6.07) is 0.0861. The highest BCUT2D eigenvalue weighted by Crippen LogP contribution is 2.33. The van der Waals surface area contributed by atoms with E-state index in [0.717, 1.165) is 12.8 Å². The van der Waals surface area contributed by atoms with Gasteiger partial charge < -0.3 is 16.0 Å². The second-order valence-electron chi connectivity index (χ2n) is 5.84. The number of likely N-dealkylation sites (N-methyl/N-ethyl adjacent to an activating group) is 2. The molecule has 0 aromatic heterocycles. The average molecular weight is 269 g/mol. The summed E-state index contributed by atoms with van der Waals surface area (Å²) < 4.78 is 0. The van der Waals surface area contributed by atoms with Gasteiger partial charge in [0.15, 0.2) is 0 Å². The lowest BCUT2D eigenvalue weighted by Gasteiger charge is -2.37. The van der Waals surface area contributed by atoms with E-state index in [9.17, 15) is 9.59 Å². The minimum absolute atomic E-state index is 0.0427. The number of amides is 2. The topological polar surface area (TPSA) is 75.4 Å². The quantitative estimate of drug-likeness (QED) is 0.784. The standard InChI is InChI=1S/C14H27N3O2/c1-5-16-13(18)8-17(4)14(19)11-7-12(15)10(3)6-9(11)2/h9-12H,5-8,15H2,1-4H3,(H,16,18). The van der Waals surface area contributed by atoms with Crippen LogP contribution in [0.3, 0.4) is 0 Å². The Morgan fingerprint density at radius 2 is 1.89 bits per heavy atom. The van der Waals surface area contributed by atoms with E-state index in [-0.39, 0.29) is 30.3 Å². The minimum atomic E-state index is -0.112. The van der Waals surface area contributed by atoms with E-state index in [4.69, 9.17) is 5.73 Å². The Morgan fingerprint density at radius 3 is 2.47 bits per heavy atom. The minimum Gasteiger partial charge on any atom is -0.355 e. The van der Waals surface area contributed by atoms with Crippen molar-refractivity contribution in [1.82, 2.24) is 10.2 Å². The van der Waals surface area contributed by atoms with Crippen molar-refractivity contribution in [1.29, 1.82) is 0 Å². The van der Waals surface area contributed by atoms with E-state index in [0.29, 0.717) is 18.4 Å². The van der Waals surface area contributed by atoms with Crippen LogP contribution < -0.4 is 11.1 Å². The fourth-order valence-electron chi connectivity index (χ4n) is 2.86. The summed E-state index contributed by atoms with van der Waals surface area (Å²) in [5.41, 5.74) is 6.07. The van der Waals surface area contributed by atoms with E-state index in [2.05, 4.69) is 19.2 Å². The predicted octanol–water partition coefficient (Wildman–Crippen LogP) is 0.590. The molecule has 4 unspecified atom stereocenters. The first-order chi connectivity index (χ1) is 8.86. The lowest BCUT2D eigenvalue weighted by molar-refractivity contribution is -0.140. The van der Waals surface area contributed by atoms with Gasteiger partial charge in [-0.3, -0.25) is 9.59 Å². The van der Waals surface area contributed by atoms with Crippen LogP contribution in [0.25, 0.3) is 0 Å². The van der Waals surface area contributed by atoms with Crippen molar-refractivity contribution in [3.63, 3.8) is 0 Å². The number of nitrogens with zero attached hydrogens (tertiary/aromatic N) is 1. The summed E-state index contributed by atoms with van der Waals surface area (Å²) in [7, 11) is 1.69. The molecule has 3 N–H and O–H groups in total. The molecule has 0 radical (unpaired) electrons. The molecule has 1 fully saturated rings. The number of nitrogens with two attached hydrogens (primary N) is 1. The molecular weight excluding hydrogens is 242 g/mol. The predicted molar refractivity (Wildman–Crippen MR) is 75.3 cm³/mol. The fourth-order valence-corrected chi connectivity index (χ4v) is 2.86. The molecule has 5 nitrogen and oxygen atoms in total. The van der Waals surface area contributed by atoms with Crippen molar-refractivity contribution in [2.45, 2.75) is 39.7 Å². The molecule has 0 spiro atoms.